The zero-order valence-corrected chi connectivity index (χ0v) is 18.2. The summed E-state index contributed by atoms with van der Waals surface area (Å²) in [4.78, 5) is 3.97. The Morgan fingerprint density at radius 1 is 1.10 bits per heavy atom. The van der Waals surface area contributed by atoms with Crippen LogP contribution in [0, 0.1) is 6.92 Å². The molecule has 0 amide bonds. The molecule has 3 rings (SSSR count). The van der Waals surface area contributed by atoms with E-state index in [4.69, 9.17) is 13.7 Å². The van der Waals surface area contributed by atoms with Crippen molar-refractivity contribution in [1.82, 2.24) is 4.98 Å². The summed E-state index contributed by atoms with van der Waals surface area (Å²) in [5.74, 6) is 0.932. The van der Waals surface area contributed by atoms with E-state index in [0.29, 0.717) is 22.8 Å². The number of halogens is 3. The third-order valence-corrected chi connectivity index (χ3v) is 4.72. The van der Waals surface area contributed by atoms with Crippen LogP contribution in [0.15, 0.2) is 57.8 Å². The zero-order chi connectivity index (χ0) is 20.5. The molecule has 2 aromatic carbocycles. The molecule has 1 heterocycles. The number of hydrogen-bond donors (Lipinski definition) is 1. The maximum absolute atomic E-state index is 12.6. The van der Waals surface area contributed by atoms with E-state index in [2.05, 4.69) is 4.98 Å². The molecule has 0 fully saturated rings. The second-order valence-electron chi connectivity index (χ2n) is 5.83. The van der Waals surface area contributed by atoms with Crippen molar-refractivity contribution < 1.29 is 66.3 Å². The first kappa shape index (κ1) is 23.4. The van der Waals surface area contributed by atoms with Gasteiger partial charge >= 0.3 is 35.7 Å². The average molecular weight is 437 g/mol. The van der Waals surface area contributed by atoms with E-state index in [1.807, 2.05) is 0 Å². The monoisotopic (exact) mass is 437 g/mol. The van der Waals surface area contributed by atoms with Crippen LogP contribution in [0.3, 0.4) is 0 Å². The molecule has 0 aliphatic carbocycles. The zero-order valence-electron chi connectivity index (χ0n) is 16.4. The smallest absolute Gasteiger partial charge is 1.00 e. The quantitative estimate of drug-likeness (QED) is 0.482. The van der Waals surface area contributed by atoms with E-state index in [1.165, 1.54) is 36.4 Å². The van der Waals surface area contributed by atoms with E-state index < -0.39 is 21.9 Å². The fourth-order valence-electron chi connectivity index (χ4n) is 2.35. The summed E-state index contributed by atoms with van der Waals surface area (Å²) in [5.41, 5.74) is 0.0602. The van der Waals surface area contributed by atoms with Gasteiger partial charge in [-0.05, 0) is 55.5 Å². The van der Waals surface area contributed by atoms with Gasteiger partial charge in [0.25, 0.3) is 10.1 Å². The number of rotatable bonds is 5. The van der Waals surface area contributed by atoms with Gasteiger partial charge in [0.1, 0.15) is 23.8 Å². The number of nitrogens with zero attached hydrogens (tertiary/aromatic N) is 1. The second-order valence-corrected chi connectivity index (χ2v) is 7.25. The predicted octanol–water partition coefficient (Wildman–Crippen LogP) is 1.61. The van der Waals surface area contributed by atoms with Crippen molar-refractivity contribution in [2.75, 3.05) is 0 Å². The fraction of sp³-hybridized carbons (Fsp3) is 0.167. The molecule has 0 spiro atoms. The molecule has 11 heteroatoms. The standard InChI is InChI=1S/C18H14F3NO5S.Na.H/c1-11-16(10-26-14-6-8-15(9-7-14)28(23,24)25)22-17(27-11)12-2-4-13(5-3-12)18(19,20)21;;/h2-9H,10H2,1H3,(H,23,24,25);;/q;+1;-1. The first-order chi connectivity index (χ1) is 13.0. The molecule has 150 valence electrons. The van der Waals surface area contributed by atoms with Crippen LogP contribution >= 0.6 is 0 Å². The maximum atomic E-state index is 12.6. The van der Waals surface area contributed by atoms with Gasteiger partial charge in [0.05, 0.1) is 10.5 Å². The van der Waals surface area contributed by atoms with Crippen molar-refractivity contribution in [3.63, 3.8) is 0 Å². The summed E-state index contributed by atoms with van der Waals surface area (Å²) in [7, 11) is -4.29. The van der Waals surface area contributed by atoms with Crippen LogP contribution in [0.25, 0.3) is 11.5 Å². The Labute approximate surface area is 188 Å². The SMILES string of the molecule is Cc1oc(-c2ccc(C(F)(F)F)cc2)nc1COc1ccc(S(=O)(=O)O)cc1.[H-].[Na+]. The number of oxazole rings is 1. The first-order valence-electron chi connectivity index (χ1n) is 7.88. The molecule has 1 aromatic heterocycles. The summed E-state index contributed by atoms with van der Waals surface area (Å²) < 4.78 is 79.9. The van der Waals surface area contributed by atoms with Crippen LogP contribution in [0.5, 0.6) is 5.75 Å². The van der Waals surface area contributed by atoms with E-state index >= 15 is 0 Å². The van der Waals surface area contributed by atoms with Gasteiger partial charge in [-0.15, -0.1) is 0 Å². The van der Waals surface area contributed by atoms with Crippen molar-refractivity contribution in [1.29, 1.82) is 0 Å². The molecule has 1 N–H and O–H groups in total. The van der Waals surface area contributed by atoms with Crippen LogP contribution in [-0.4, -0.2) is 18.0 Å². The Morgan fingerprint density at radius 3 is 2.21 bits per heavy atom. The van der Waals surface area contributed by atoms with Gasteiger partial charge in [-0.25, -0.2) is 4.98 Å². The Bertz CT molecular complexity index is 1080. The predicted molar refractivity (Wildman–Crippen MR) is 93.4 cm³/mol. The van der Waals surface area contributed by atoms with Crippen molar-refractivity contribution >= 4 is 10.1 Å². The fourth-order valence-corrected chi connectivity index (χ4v) is 2.83. The maximum Gasteiger partial charge on any atom is 1.00 e. The number of benzene rings is 2. The Kier molecular flexibility index (Phi) is 7.18. The van der Waals surface area contributed by atoms with Gasteiger partial charge in [0, 0.05) is 5.56 Å². The van der Waals surface area contributed by atoms with Gasteiger partial charge in [-0.1, -0.05) is 0 Å². The van der Waals surface area contributed by atoms with Crippen LogP contribution in [0.4, 0.5) is 13.2 Å². The Hall–Kier alpha value is -1.85. The minimum atomic E-state index is -4.42. The molecule has 0 saturated heterocycles. The second kappa shape index (κ2) is 8.88. The van der Waals surface area contributed by atoms with Crippen molar-refractivity contribution in [2.24, 2.45) is 0 Å². The van der Waals surface area contributed by atoms with E-state index in [-0.39, 0.29) is 48.4 Å². The molecular weight excluding hydrogens is 422 g/mol. The normalized spacial score (nSPS) is 11.8. The minimum Gasteiger partial charge on any atom is -1.00 e. The number of aromatic nitrogens is 1. The van der Waals surface area contributed by atoms with Gasteiger partial charge < -0.3 is 10.6 Å². The summed E-state index contributed by atoms with van der Waals surface area (Å²) >= 11 is 0. The van der Waals surface area contributed by atoms with Gasteiger partial charge in [-0.2, -0.15) is 21.6 Å². The molecule has 0 saturated carbocycles. The van der Waals surface area contributed by atoms with Crippen LogP contribution < -0.4 is 34.3 Å². The topological polar surface area (TPSA) is 89.6 Å². The molecule has 0 aliphatic heterocycles. The Morgan fingerprint density at radius 2 is 1.69 bits per heavy atom. The summed E-state index contributed by atoms with van der Waals surface area (Å²) in [6.45, 7) is 1.64. The van der Waals surface area contributed by atoms with Crippen molar-refractivity contribution in [2.45, 2.75) is 24.6 Å². The molecular formula is C18H15F3NNaO5S. The van der Waals surface area contributed by atoms with Crippen LogP contribution in [0.1, 0.15) is 18.4 Å². The van der Waals surface area contributed by atoms with Crippen LogP contribution in [0.2, 0.25) is 0 Å². The van der Waals surface area contributed by atoms with Crippen molar-refractivity contribution in [3.05, 3.63) is 65.5 Å². The minimum absolute atomic E-state index is 0. The molecule has 29 heavy (non-hydrogen) atoms. The molecule has 0 radical (unpaired) electrons. The Balaban J connectivity index is 0.00000225. The third kappa shape index (κ3) is 5.83. The molecule has 0 aliphatic rings. The number of ether oxygens (including phenoxy) is 1. The number of hydrogen-bond acceptors (Lipinski definition) is 5. The summed E-state index contributed by atoms with van der Waals surface area (Å²) in [6, 6.07) is 9.55. The van der Waals surface area contributed by atoms with Gasteiger partial charge in [-0.3, -0.25) is 4.55 Å². The van der Waals surface area contributed by atoms with E-state index in [9.17, 15) is 21.6 Å². The first-order valence-corrected chi connectivity index (χ1v) is 9.32. The molecule has 6 nitrogen and oxygen atoms in total. The molecule has 0 bridgehead atoms. The van der Waals surface area contributed by atoms with Crippen LogP contribution in [-0.2, 0) is 22.9 Å². The number of aryl methyl sites for hydroxylation is 1. The third-order valence-electron chi connectivity index (χ3n) is 3.85. The molecule has 0 atom stereocenters. The van der Waals surface area contributed by atoms with Crippen molar-refractivity contribution in [3.8, 4) is 17.2 Å². The van der Waals surface area contributed by atoms with Gasteiger partial charge in [0.2, 0.25) is 5.89 Å². The largest absolute Gasteiger partial charge is 1.00 e. The molecule has 0 unspecified atom stereocenters. The molecule has 3 aromatic rings. The van der Waals surface area contributed by atoms with E-state index in [0.717, 1.165) is 12.1 Å². The van der Waals surface area contributed by atoms with Gasteiger partial charge in [0.15, 0.2) is 0 Å². The van der Waals surface area contributed by atoms with E-state index in [1.54, 1.807) is 6.92 Å². The summed E-state index contributed by atoms with van der Waals surface area (Å²) in [6.07, 6.45) is -4.42. The average Bonchev–Trinajstić information content (AvgIpc) is 3.00. The number of alkyl halides is 3. The summed E-state index contributed by atoms with van der Waals surface area (Å²) in [5, 5.41) is 0.